The molecule has 1 N–H and O–H groups in total. The number of carbonyl (C=O) groups is 1. The van der Waals surface area contributed by atoms with E-state index < -0.39 is 17.5 Å². The monoisotopic (exact) mass is 365 g/mol. The number of benzene rings is 1. The molecule has 2 atom stereocenters. The minimum atomic E-state index is -0.811. The standard InChI is InChI=1S/C14H15BrClF2NO/c15-9-4-2-1-3-5-13(9)19-14(20)8-6-12(18)10(16)7-11(8)17/h6-7,9,13H,1-5H2,(H,19,20). The lowest BCUT2D eigenvalue weighted by Crippen LogP contribution is -2.40. The normalized spacial score (nSPS) is 23.2. The van der Waals surface area contributed by atoms with Crippen LogP contribution in [-0.2, 0) is 0 Å². The fourth-order valence-electron chi connectivity index (χ4n) is 2.37. The average molecular weight is 367 g/mol. The van der Waals surface area contributed by atoms with Crippen molar-refractivity contribution in [2.75, 3.05) is 0 Å². The number of nitrogens with one attached hydrogen (secondary N) is 1. The number of rotatable bonds is 2. The number of hydrogen-bond donors (Lipinski definition) is 1. The zero-order chi connectivity index (χ0) is 14.7. The molecular formula is C14H15BrClF2NO. The first-order chi connectivity index (χ1) is 9.49. The van der Waals surface area contributed by atoms with Gasteiger partial charge in [0.15, 0.2) is 0 Å². The Hall–Kier alpha value is -0.680. The van der Waals surface area contributed by atoms with Gasteiger partial charge in [0.2, 0.25) is 0 Å². The smallest absolute Gasteiger partial charge is 0.254 e. The van der Waals surface area contributed by atoms with Crippen molar-refractivity contribution in [2.45, 2.75) is 43.0 Å². The van der Waals surface area contributed by atoms with Gasteiger partial charge in [-0.15, -0.1) is 0 Å². The van der Waals surface area contributed by atoms with Crippen LogP contribution in [0.1, 0.15) is 42.5 Å². The summed E-state index contributed by atoms with van der Waals surface area (Å²) in [5, 5.41) is 2.45. The summed E-state index contributed by atoms with van der Waals surface area (Å²) in [6, 6.07) is 1.60. The molecule has 0 aliphatic heterocycles. The average Bonchev–Trinajstić information content (AvgIpc) is 2.59. The first-order valence-corrected chi connectivity index (χ1v) is 7.88. The third-order valence-electron chi connectivity index (χ3n) is 3.50. The van der Waals surface area contributed by atoms with E-state index in [2.05, 4.69) is 21.2 Å². The first-order valence-electron chi connectivity index (χ1n) is 6.58. The molecule has 0 aromatic heterocycles. The number of carbonyl (C=O) groups excluding carboxylic acids is 1. The molecular weight excluding hydrogens is 352 g/mol. The van der Waals surface area contributed by atoms with Crippen LogP contribution < -0.4 is 5.32 Å². The van der Waals surface area contributed by atoms with E-state index in [0.29, 0.717) is 0 Å². The summed E-state index contributed by atoms with van der Waals surface area (Å²) in [7, 11) is 0. The topological polar surface area (TPSA) is 29.1 Å². The second-order valence-electron chi connectivity index (χ2n) is 4.98. The number of alkyl halides is 1. The van der Waals surface area contributed by atoms with E-state index in [9.17, 15) is 13.6 Å². The van der Waals surface area contributed by atoms with Crippen LogP contribution in [-0.4, -0.2) is 16.8 Å². The van der Waals surface area contributed by atoms with E-state index >= 15 is 0 Å². The Bertz CT molecular complexity index is 512. The van der Waals surface area contributed by atoms with Crippen LogP contribution in [0, 0.1) is 11.6 Å². The zero-order valence-corrected chi connectivity index (χ0v) is 13.1. The van der Waals surface area contributed by atoms with Crippen LogP contribution in [0.2, 0.25) is 5.02 Å². The molecule has 0 radical (unpaired) electrons. The van der Waals surface area contributed by atoms with Crippen LogP contribution in [0.3, 0.4) is 0 Å². The molecule has 0 saturated heterocycles. The van der Waals surface area contributed by atoms with Gasteiger partial charge in [0.1, 0.15) is 11.6 Å². The zero-order valence-electron chi connectivity index (χ0n) is 10.8. The predicted molar refractivity (Wildman–Crippen MR) is 78.4 cm³/mol. The Morgan fingerprint density at radius 1 is 1.20 bits per heavy atom. The van der Waals surface area contributed by atoms with Crippen molar-refractivity contribution in [3.63, 3.8) is 0 Å². The quantitative estimate of drug-likeness (QED) is 0.468. The molecule has 1 aromatic carbocycles. The lowest BCUT2D eigenvalue weighted by molar-refractivity contribution is 0.0930. The summed E-state index contributed by atoms with van der Waals surface area (Å²) in [6.07, 6.45) is 5.04. The number of halogens is 4. The highest BCUT2D eigenvalue weighted by molar-refractivity contribution is 9.09. The number of hydrogen-bond acceptors (Lipinski definition) is 1. The molecule has 110 valence electrons. The molecule has 2 rings (SSSR count). The molecule has 20 heavy (non-hydrogen) atoms. The summed E-state index contributed by atoms with van der Waals surface area (Å²) < 4.78 is 27.0. The largest absolute Gasteiger partial charge is 0.348 e. The van der Waals surface area contributed by atoms with Crippen molar-refractivity contribution >= 4 is 33.4 Å². The summed E-state index contributed by atoms with van der Waals surface area (Å²) in [4.78, 5) is 12.2. The molecule has 2 nitrogen and oxygen atoms in total. The van der Waals surface area contributed by atoms with Crippen LogP contribution >= 0.6 is 27.5 Å². The Morgan fingerprint density at radius 3 is 2.65 bits per heavy atom. The van der Waals surface area contributed by atoms with E-state index in [1.165, 1.54) is 0 Å². The van der Waals surface area contributed by atoms with E-state index in [0.717, 1.165) is 44.2 Å². The van der Waals surface area contributed by atoms with Crippen molar-refractivity contribution in [3.05, 3.63) is 34.4 Å². The van der Waals surface area contributed by atoms with E-state index in [1.54, 1.807) is 0 Å². The van der Waals surface area contributed by atoms with Crippen LogP contribution in [0.5, 0.6) is 0 Å². The highest BCUT2D eigenvalue weighted by atomic mass is 79.9. The molecule has 0 heterocycles. The molecule has 1 aliphatic rings. The molecule has 1 aromatic rings. The Balaban J connectivity index is 2.13. The number of amides is 1. The summed E-state index contributed by atoms with van der Waals surface area (Å²) in [5.74, 6) is -2.21. The van der Waals surface area contributed by atoms with Crippen molar-refractivity contribution < 1.29 is 13.6 Å². The lowest BCUT2D eigenvalue weighted by Gasteiger charge is -2.21. The third-order valence-corrected chi connectivity index (χ3v) is 4.89. The fraction of sp³-hybridized carbons (Fsp3) is 0.500. The Labute approximate surface area is 130 Å². The molecule has 1 aliphatic carbocycles. The Kier molecular flexibility index (Phi) is 5.38. The van der Waals surface area contributed by atoms with Crippen molar-refractivity contribution in [1.29, 1.82) is 0 Å². The minimum Gasteiger partial charge on any atom is -0.348 e. The highest BCUT2D eigenvalue weighted by Gasteiger charge is 2.25. The molecule has 1 saturated carbocycles. The maximum absolute atomic E-state index is 13.7. The van der Waals surface area contributed by atoms with Crippen LogP contribution in [0.4, 0.5) is 8.78 Å². The molecule has 2 unspecified atom stereocenters. The maximum atomic E-state index is 13.7. The van der Waals surface area contributed by atoms with E-state index in [1.807, 2.05) is 0 Å². The summed E-state index contributed by atoms with van der Waals surface area (Å²) in [6.45, 7) is 0. The second kappa shape index (κ2) is 6.85. The maximum Gasteiger partial charge on any atom is 0.254 e. The van der Waals surface area contributed by atoms with Crippen LogP contribution in [0.15, 0.2) is 12.1 Å². The van der Waals surface area contributed by atoms with Gasteiger partial charge in [-0.3, -0.25) is 4.79 Å². The van der Waals surface area contributed by atoms with Crippen molar-refractivity contribution in [1.82, 2.24) is 5.32 Å². The van der Waals surface area contributed by atoms with Crippen LogP contribution in [0.25, 0.3) is 0 Å². The predicted octanol–water partition coefficient (Wildman–Crippen LogP) is 4.44. The van der Waals surface area contributed by atoms with Crippen molar-refractivity contribution in [3.8, 4) is 0 Å². The van der Waals surface area contributed by atoms with Gasteiger partial charge < -0.3 is 5.32 Å². The van der Waals surface area contributed by atoms with E-state index in [4.69, 9.17) is 11.6 Å². The highest BCUT2D eigenvalue weighted by Crippen LogP contribution is 2.25. The fourth-order valence-corrected chi connectivity index (χ4v) is 3.24. The molecule has 0 bridgehead atoms. The second-order valence-corrected chi connectivity index (χ2v) is 6.56. The third kappa shape index (κ3) is 3.70. The molecule has 6 heteroatoms. The SMILES string of the molecule is O=C(NC1CCCCCC1Br)c1cc(F)c(Cl)cc1F. The van der Waals surface area contributed by atoms with Gasteiger partial charge in [-0.25, -0.2) is 8.78 Å². The summed E-state index contributed by atoms with van der Waals surface area (Å²) >= 11 is 9.02. The Morgan fingerprint density at radius 2 is 1.90 bits per heavy atom. The van der Waals surface area contributed by atoms with Gasteiger partial charge in [-0.2, -0.15) is 0 Å². The van der Waals surface area contributed by atoms with Gasteiger partial charge in [-0.1, -0.05) is 46.8 Å². The van der Waals surface area contributed by atoms with Gasteiger partial charge in [0.05, 0.1) is 10.6 Å². The molecule has 0 spiro atoms. The van der Waals surface area contributed by atoms with Gasteiger partial charge in [0, 0.05) is 10.9 Å². The van der Waals surface area contributed by atoms with Crippen molar-refractivity contribution in [2.24, 2.45) is 0 Å². The first kappa shape index (κ1) is 15.7. The van der Waals surface area contributed by atoms with Gasteiger partial charge in [0.25, 0.3) is 5.91 Å². The van der Waals surface area contributed by atoms with E-state index in [-0.39, 0.29) is 21.5 Å². The molecule has 1 fully saturated rings. The molecule has 1 amide bonds. The van der Waals surface area contributed by atoms with Gasteiger partial charge in [-0.05, 0) is 25.0 Å². The summed E-state index contributed by atoms with van der Waals surface area (Å²) in [5.41, 5.74) is -0.309. The lowest BCUT2D eigenvalue weighted by atomic mass is 10.1. The minimum absolute atomic E-state index is 0.0665. The van der Waals surface area contributed by atoms with Gasteiger partial charge >= 0.3 is 0 Å².